The summed E-state index contributed by atoms with van der Waals surface area (Å²) in [5, 5.41) is 7.93. The van der Waals surface area contributed by atoms with Gasteiger partial charge in [-0.2, -0.15) is 0 Å². The van der Waals surface area contributed by atoms with Crippen molar-refractivity contribution in [3.05, 3.63) is 78.2 Å². The van der Waals surface area contributed by atoms with Crippen molar-refractivity contribution in [1.29, 1.82) is 0 Å². The highest BCUT2D eigenvalue weighted by molar-refractivity contribution is 5.98. The number of anilines is 1. The molecule has 2 heterocycles. The van der Waals surface area contributed by atoms with E-state index in [0.29, 0.717) is 30.7 Å². The number of esters is 1. The van der Waals surface area contributed by atoms with Crippen LogP contribution in [0.4, 0.5) is 10.6 Å². The molecule has 15 nitrogen and oxygen atoms in total. The highest BCUT2D eigenvalue weighted by atomic mass is 16.6. The molecule has 3 atom stereocenters. The molecular formula is C38H52N6O9. The standard InChI is InChI=1S/C37H48N6O9.CH4/c1-36(2,3)52-35(48)41-37(4,5)34(47)39-27(22-51-21-24-12-9-8-10-13-24)31(44)40-29-20-42(23-38-29)30(25-15-17-26(49-6)18-16-25)32(45)43-19-11-14-28(43)33(46)50-7;/h8-10,12-13,15-18,20,23,27-28,30H,11,14,19,21-22H2,1-7H3,(H,39,47)(H,40,44)(H,41,48);1H4/t27-,28-,30?;/m1./s1. The molecule has 4 rings (SSSR count). The zero-order chi connectivity index (χ0) is 38.1. The third-order valence-corrected chi connectivity index (χ3v) is 8.22. The van der Waals surface area contributed by atoms with Gasteiger partial charge in [0.2, 0.25) is 5.91 Å². The van der Waals surface area contributed by atoms with E-state index in [1.54, 1.807) is 49.6 Å². The summed E-state index contributed by atoms with van der Waals surface area (Å²) in [7, 11) is 2.82. The first-order chi connectivity index (χ1) is 24.6. The summed E-state index contributed by atoms with van der Waals surface area (Å²) in [5.41, 5.74) is -0.802. The molecular weight excluding hydrogens is 684 g/mol. The van der Waals surface area contributed by atoms with Gasteiger partial charge in [-0.15, -0.1) is 0 Å². The minimum absolute atomic E-state index is 0. The fraction of sp³-hybridized carbons (Fsp3) is 0.474. The Hall–Kier alpha value is -5.44. The number of carbonyl (C=O) groups is 5. The summed E-state index contributed by atoms with van der Waals surface area (Å²) in [6.45, 7) is 8.39. The summed E-state index contributed by atoms with van der Waals surface area (Å²) in [6, 6.07) is 13.3. The Labute approximate surface area is 310 Å². The molecule has 4 amide bonds. The number of nitrogens with one attached hydrogen (secondary N) is 3. The molecule has 1 saturated heterocycles. The third-order valence-electron chi connectivity index (χ3n) is 8.22. The molecule has 53 heavy (non-hydrogen) atoms. The fourth-order valence-corrected chi connectivity index (χ4v) is 5.56. The predicted octanol–water partition coefficient (Wildman–Crippen LogP) is 4.22. The number of aromatic nitrogens is 2. The Morgan fingerprint density at radius 3 is 2.26 bits per heavy atom. The Kier molecular flexibility index (Phi) is 14.5. The van der Waals surface area contributed by atoms with Crippen LogP contribution in [0, 0.1) is 0 Å². The van der Waals surface area contributed by atoms with Crippen molar-refractivity contribution in [3.63, 3.8) is 0 Å². The molecule has 3 aromatic rings. The van der Waals surface area contributed by atoms with Crippen LogP contribution in [0.3, 0.4) is 0 Å². The van der Waals surface area contributed by atoms with E-state index >= 15 is 0 Å². The van der Waals surface area contributed by atoms with Crippen molar-refractivity contribution in [1.82, 2.24) is 25.1 Å². The van der Waals surface area contributed by atoms with E-state index in [2.05, 4.69) is 20.9 Å². The molecule has 1 unspecified atom stereocenters. The minimum atomic E-state index is -1.47. The normalized spacial score (nSPS) is 15.3. The first kappa shape index (κ1) is 42.0. The maximum absolute atomic E-state index is 14.1. The Balaban J connectivity index is 0.00000756. The summed E-state index contributed by atoms with van der Waals surface area (Å²) < 4.78 is 22.9. The number of likely N-dealkylation sites (tertiary alicyclic amines) is 1. The molecule has 3 N–H and O–H groups in total. The Morgan fingerprint density at radius 1 is 0.962 bits per heavy atom. The lowest BCUT2D eigenvalue weighted by Crippen LogP contribution is -2.59. The van der Waals surface area contributed by atoms with E-state index in [0.717, 1.165) is 5.56 Å². The molecule has 1 aliphatic heterocycles. The number of benzene rings is 2. The van der Waals surface area contributed by atoms with Gasteiger partial charge >= 0.3 is 12.1 Å². The maximum Gasteiger partial charge on any atom is 0.408 e. The van der Waals surface area contributed by atoms with Crippen LogP contribution >= 0.6 is 0 Å². The lowest BCUT2D eigenvalue weighted by Gasteiger charge is -2.29. The van der Waals surface area contributed by atoms with Crippen molar-refractivity contribution in [2.45, 2.75) is 90.8 Å². The highest BCUT2D eigenvalue weighted by Gasteiger charge is 2.39. The number of hydrogen-bond acceptors (Lipinski definition) is 10. The van der Waals surface area contributed by atoms with E-state index in [4.69, 9.17) is 18.9 Å². The predicted molar refractivity (Wildman–Crippen MR) is 197 cm³/mol. The van der Waals surface area contributed by atoms with Crippen molar-refractivity contribution in [2.24, 2.45) is 0 Å². The Morgan fingerprint density at radius 2 is 1.64 bits per heavy atom. The van der Waals surface area contributed by atoms with Gasteiger partial charge in [0.25, 0.3) is 11.8 Å². The van der Waals surface area contributed by atoms with E-state index in [1.165, 1.54) is 45.5 Å². The summed E-state index contributed by atoms with van der Waals surface area (Å²) in [4.78, 5) is 72.1. The number of methoxy groups -OCH3 is 2. The fourth-order valence-electron chi connectivity index (χ4n) is 5.56. The van der Waals surface area contributed by atoms with Gasteiger partial charge in [0.15, 0.2) is 5.82 Å². The van der Waals surface area contributed by atoms with Gasteiger partial charge in [0, 0.05) is 12.7 Å². The average Bonchev–Trinajstić information content (AvgIpc) is 3.77. The second-order valence-corrected chi connectivity index (χ2v) is 13.9. The zero-order valence-corrected chi connectivity index (χ0v) is 30.6. The summed E-state index contributed by atoms with van der Waals surface area (Å²) >= 11 is 0. The van der Waals surface area contributed by atoms with Gasteiger partial charge in [-0.1, -0.05) is 49.9 Å². The van der Waals surface area contributed by atoms with Crippen LogP contribution in [0.25, 0.3) is 0 Å². The lowest BCUT2D eigenvalue weighted by atomic mass is 10.0. The van der Waals surface area contributed by atoms with Crippen LogP contribution in [0.2, 0.25) is 0 Å². The molecule has 15 heteroatoms. The molecule has 288 valence electrons. The minimum Gasteiger partial charge on any atom is -0.497 e. The molecule has 1 aliphatic rings. The Bertz CT molecular complexity index is 1700. The SMILES string of the molecule is C.COC(=O)[C@H]1CCCN1C(=O)C(c1ccc(OC)cc1)n1cnc(NC(=O)[C@@H](COCc2ccccc2)NC(=O)C(C)(C)NC(=O)OC(C)(C)C)c1. The van der Waals surface area contributed by atoms with Crippen LogP contribution in [0.5, 0.6) is 5.75 Å². The van der Waals surface area contributed by atoms with Gasteiger partial charge < -0.3 is 44.4 Å². The average molecular weight is 737 g/mol. The monoisotopic (exact) mass is 736 g/mol. The number of nitrogens with zero attached hydrogens (tertiary/aromatic N) is 3. The molecule has 0 bridgehead atoms. The largest absolute Gasteiger partial charge is 0.497 e. The number of hydrogen-bond donors (Lipinski definition) is 3. The molecule has 1 fully saturated rings. The zero-order valence-electron chi connectivity index (χ0n) is 30.6. The summed E-state index contributed by atoms with van der Waals surface area (Å²) in [6.07, 6.45) is 3.20. The van der Waals surface area contributed by atoms with E-state index < -0.39 is 53.1 Å². The van der Waals surface area contributed by atoms with Gasteiger partial charge in [0.1, 0.15) is 35.0 Å². The van der Waals surface area contributed by atoms with E-state index in [1.807, 2.05) is 30.3 Å². The molecule has 2 aromatic carbocycles. The number of rotatable bonds is 14. The topological polar surface area (TPSA) is 179 Å². The number of ether oxygens (including phenoxy) is 4. The lowest BCUT2D eigenvalue weighted by molar-refractivity contribution is -0.151. The maximum atomic E-state index is 14.1. The molecule has 1 aromatic heterocycles. The number of carbonyl (C=O) groups excluding carboxylic acids is 5. The first-order valence-electron chi connectivity index (χ1n) is 16.9. The number of imidazole rings is 1. The van der Waals surface area contributed by atoms with Crippen LogP contribution in [-0.2, 0) is 40.0 Å². The molecule has 0 aliphatic carbocycles. The van der Waals surface area contributed by atoms with Crippen molar-refractivity contribution in [2.75, 3.05) is 32.7 Å². The first-order valence-corrected chi connectivity index (χ1v) is 16.9. The van der Waals surface area contributed by atoms with Crippen LogP contribution in [0.15, 0.2) is 67.1 Å². The van der Waals surface area contributed by atoms with Crippen LogP contribution in [-0.4, -0.2) is 94.8 Å². The smallest absolute Gasteiger partial charge is 0.408 e. The van der Waals surface area contributed by atoms with Crippen molar-refractivity contribution in [3.8, 4) is 5.75 Å². The van der Waals surface area contributed by atoms with Crippen LogP contribution < -0.4 is 20.7 Å². The van der Waals surface area contributed by atoms with Crippen LogP contribution in [0.1, 0.15) is 72.1 Å². The molecule has 0 radical (unpaired) electrons. The third kappa shape index (κ3) is 11.5. The highest BCUT2D eigenvalue weighted by Crippen LogP contribution is 2.29. The number of amides is 4. The second kappa shape index (κ2) is 18.4. The molecule has 0 spiro atoms. The second-order valence-electron chi connectivity index (χ2n) is 13.9. The van der Waals surface area contributed by atoms with Gasteiger partial charge in [-0.25, -0.2) is 14.6 Å². The van der Waals surface area contributed by atoms with Gasteiger partial charge in [0.05, 0.1) is 33.8 Å². The van der Waals surface area contributed by atoms with E-state index in [9.17, 15) is 24.0 Å². The van der Waals surface area contributed by atoms with Gasteiger partial charge in [-0.3, -0.25) is 14.4 Å². The van der Waals surface area contributed by atoms with Crippen molar-refractivity contribution >= 4 is 35.6 Å². The molecule has 0 saturated carbocycles. The van der Waals surface area contributed by atoms with Gasteiger partial charge in [-0.05, 0) is 70.7 Å². The van der Waals surface area contributed by atoms with Crippen molar-refractivity contribution < 1.29 is 42.9 Å². The van der Waals surface area contributed by atoms with E-state index in [-0.39, 0.29) is 32.4 Å². The summed E-state index contributed by atoms with van der Waals surface area (Å²) in [5.74, 6) is -1.48. The number of alkyl carbamates (subject to hydrolysis) is 1. The quantitative estimate of drug-likeness (QED) is 0.203.